The molecule has 5 nitrogen and oxygen atoms in total. The Morgan fingerprint density at radius 1 is 1.00 bits per heavy atom. The van der Waals surface area contributed by atoms with E-state index in [1.54, 1.807) is 13.2 Å². The van der Waals surface area contributed by atoms with E-state index in [0.29, 0.717) is 17.3 Å². The summed E-state index contributed by atoms with van der Waals surface area (Å²) >= 11 is 0. The van der Waals surface area contributed by atoms with E-state index in [-0.39, 0.29) is 11.6 Å². The number of nitrogens with one attached hydrogen (secondary N) is 2. The van der Waals surface area contributed by atoms with Gasteiger partial charge in [-0.15, -0.1) is 0 Å². The van der Waals surface area contributed by atoms with Gasteiger partial charge in [0.1, 0.15) is 11.6 Å². The molecule has 0 amide bonds. The van der Waals surface area contributed by atoms with Crippen molar-refractivity contribution in [2.24, 2.45) is 0 Å². The number of aromatic nitrogens is 2. The second-order valence-corrected chi connectivity index (χ2v) is 5.80. The van der Waals surface area contributed by atoms with Gasteiger partial charge in [-0.2, -0.15) is 18.2 Å². The molecule has 0 unspecified atom stereocenters. The first-order valence-electron chi connectivity index (χ1n) is 8.04. The van der Waals surface area contributed by atoms with Crippen LogP contribution >= 0.6 is 0 Å². The number of anilines is 4. The van der Waals surface area contributed by atoms with Crippen molar-refractivity contribution in [1.29, 1.82) is 0 Å². The van der Waals surface area contributed by atoms with Crippen molar-refractivity contribution in [3.8, 4) is 5.75 Å². The molecule has 0 bridgehead atoms. The molecular weight excluding hydrogens is 357 g/mol. The fourth-order valence-corrected chi connectivity index (χ4v) is 2.45. The van der Waals surface area contributed by atoms with Gasteiger partial charge in [-0.1, -0.05) is 12.1 Å². The van der Waals surface area contributed by atoms with Crippen molar-refractivity contribution in [2.45, 2.75) is 13.1 Å². The van der Waals surface area contributed by atoms with Crippen LogP contribution < -0.4 is 15.4 Å². The average Bonchev–Trinajstić information content (AvgIpc) is 2.62. The van der Waals surface area contributed by atoms with Gasteiger partial charge in [0.25, 0.3) is 0 Å². The zero-order chi connectivity index (χ0) is 19.4. The van der Waals surface area contributed by atoms with E-state index in [1.165, 1.54) is 18.3 Å². The van der Waals surface area contributed by atoms with Gasteiger partial charge in [-0.05, 0) is 48.9 Å². The number of aryl methyl sites for hydroxylation is 1. The SMILES string of the molecule is COc1ccc(C)cc1Nc1nccc(Nc2cccc(C(F)(F)F)c2)n1. The van der Waals surface area contributed by atoms with Crippen LogP contribution in [0, 0.1) is 6.92 Å². The number of halogens is 3. The highest BCUT2D eigenvalue weighted by Gasteiger charge is 2.30. The molecule has 2 aromatic carbocycles. The van der Waals surface area contributed by atoms with Crippen LogP contribution in [-0.2, 0) is 6.18 Å². The summed E-state index contributed by atoms with van der Waals surface area (Å²) in [5, 5.41) is 5.92. The molecular formula is C19H17F3N4O. The predicted molar refractivity (Wildman–Crippen MR) is 97.8 cm³/mol. The number of benzene rings is 2. The topological polar surface area (TPSA) is 59.1 Å². The van der Waals surface area contributed by atoms with Crippen LogP contribution in [-0.4, -0.2) is 17.1 Å². The first-order chi connectivity index (χ1) is 12.8. The van der Waals surface area contributed by atoms with E-state index in [1.807, 2.05) is 25.1 Å². The first kappa shape index (κ1) is 18.5. The molecule has 0 atom stereocenters. The number of methoxy groups -OCH3 is 1. The molecule has 0 aliphatic heterocycles. The van der Waals surface area contributed by atoms with E-state index in [2.05, 4.69) is 20.6 Å². The molecule has 0 spiro atoms. The van der Waals surface area contributed by atoms with Gasteiger partial charge in [-0.3, -0.25) is 0 Å². The third-order valence-electron chi connectivity index (χ3n) is 3.72. The number of hydrogen-bond acceptors (Lipinski definition) is 5. The normalized spacial score (nSPS) is 11.1. The Morgan fingerprint density at radius 3 is 2.56 bits per heavy atom. The van der Waals surface area contributed by atoms with Crippen molar-refractivity contribution < 1.29 is 17.9 Å². The lowest BCUT2D eigenvalue weighted by molar-refractivity contribution is -0.137. The molecule has 27 heavy (non-hydrogen) atoms. The van der Waals surface area contributed by atoms with Crippen molar-refractivity contribution >= 4 is 23.1 Å². The lowest BCUT2D eigenvalue weighted by Gasteiger charge is -2.13. The van der Waals surface area contributed by atoms with Gasteiger partial charge in [0.05, 0.1) is 18.4 Å². The van der Waals surface area contributed by atoms with Gasteiger partial charge in [-0.25, -0.2) is 4.98 Å². The highest BCUT2D eigenvalue weighted by atomic mass is 19.4. The zero-order valence-electron chi connectivity index (χ0n) is 14.6. The molecule has 1 aromatic heterocycles. The van der Waals surface area contributed by atoms with Crippen molar-refractivity contribution in [1.82, 2.24) is 9.97 Å². The molecule has 1 heterocycles. The minimum absolute atomic E-state index is 0.280. The maximum Gasteiger partial charge on any atom is 0.416 e. The fraction of sp³-hybridized carbons (Fsp3) is 0.158. The monoisotopic (exact) mass is 374 g/mol. The number of ether oxygens (including phenoxy) is 1. The summed E-state index contributed by atoms with van der Waals surface area (Å²) in [6.45, 7) is 1.94. The van der Waals surface area contributed by atoms with Gasteiger partial charge in [0.15, 0.2) is 0 Å². The Labute approximate surface area is 154 Å². The fourth-order valence-electron chi connectivity index (χ4n) is 2.45. The average molecular weight is 374 g/mol. The maximum atomic E-state index is 12.8. The Bertz CT molecular complexity index is 944. The van der Waals surface area contributed by atoms with Crippen molar-refractivity contribution in [3.05, 3.63) is 65.9 Å². The summed E-state index contributed by atoms with van der Waals surface area (Å²) in [7, 11) is 1.56. The van der Waals surface area contributed by atoms with E-state index in [9.17, 15) is 13.2 Å². The molecule has 8 heteroatoms. The van der Waals surface area contributed by atoms with Crippen LogP contribution in [0.2, 0.25) is 0 Å². The number of alkyl halides is 3. The summed E-state index contributed by atoms with van der Waals surface area (Å²) < 4.78 is 43.8. The van der Waals surface area contributed by atoms with Crippen LogP contribution in [0.1, 0.15) is 11.1 Å². The highest BCUT2D eigenvalue weighted by molar-refractivity contribution is 5.65. The summed E-state index contributed by atoms with van der Waals surface area (Å²) in [6, 6.07) is 12.1. The van der Waals surface area contributed by atoms with Gasteiger partial charge in [0, 0.05) is 11.9 Å². The molecule has 0 saturated carbocycles. The number of nitrogens with zero attached hydrogens (tertiary/aromatic N) is 2. The largest absolute Gasteiger partial charge is 0.495 e. The highest BCUT2D eigenvalue weighted by Crippen LogP contribution is 2.31. The summed E-state index contributed by atoms with van der Waals surface area (Å²) in [6.07, 6.45) is -2.90. The Kier molecular flexibility index (Phi) is 5.16. The number of rotatable bonds is 5. The number of hydrogen-bond donors (Lipinski definition) is 2. The van der Waals surface area contributed by atoms with Crippen LogP contribution in [0.5, 0.6) is 5.75 Å². The molecule has 0 radical (unpaired) electrons. The van der Waals surface area contributed by atoms with Crippen molar-refractivity contribution in [2.75, 3.05) is 17.7 Å². The third-order valence-corrected chi connectivity index (χ3v) is 3.72. The summed E-state index contributed by atoms with van der Waals surface area (Å²) in [5.74, 6) is 1.27. The van der Waals surface area contributed by atoms with E-state index >= 15 is 0 Å². The Hall–Kier alpha value is -3.29. The molecule has 0 aliphatic carbocycles. The van der Waals surface area contributed by atoms with Gasteiger partial charge >= 0.3 is 6.18 Å². The minimum Gasteiger partial charge on any atom is -0.495 e. The molecule has 3 rings (SSSR count). The minimum atomic E-state index is -4.40. The molecule has 140 valence electrons. The lowest BCUT2D eigenvalue weighted by Crippen LogP contribution is -2.06. The standard InChI is InChI=1S/C19H17F3N4O/c1-12-6-7-16(27-2)15(10-12)25-18-23-9-8-17(26-18)24-14-5-3-4-13(11-14)19(20,21)22/h3-11H,1-2H3,(H2,23,24,25,26). The Balaban J connectivity index is 1.82. The molecule has 2 N–H and O–H groups in total. The first-order valence-corrected chi connectivity index (χ1v) is 8.04. The lowest BCUT2D eigenvalue weighted by atomic mass is 10.2. The Morgan fingerprint density at radius 2 is 1.81 bits per heavy atom. The molecule has 0 aliphatic rings. The summed E-state index contributed by atoms with van der Waals surface area (Å²) in [4.78, 5) is 8.43. The van der Waals surface area contributed by atoms with Gasteiger partial charge < -0.3 is 15.4 Å². The molecule has 3 aromatic rings. The second-order valence-electron chi connectivity index (χ2n) is 5.80. The summed E-state index contributed by atoms with van der Waals surface area (Å²) in [5.41, 5.74) is 1.26. The molecule has 0 saturated heterocycles. The van der Waals surface area contributed by atoms with Crippen LogP contribution in [0.15, 0.2) is 54.7 Å². The molecule has 0 fully saturated rings. The smallest absolute Gasteiger partial charge is 0.416 e. The predicted octanol–water partition coefficient (Wildman–Crippen LogP) is 5.30. The zero-order valence-corrected chi connectivity index (χ0v) is 14.6. The van der Waals surface area contributed by atoms with E-state index in [0.717, 1.165) is 17.7 Å². The quantitative estimate of drug-likeness (QED) is 0.635. The van der Waals surface area contributed by atoms with E-state index < -0.39 is 11.7 Å². The third kappa shape index (κ3) is 4.66. The van der Waals surface area contributed by atoms with E-state index in [4.69, 9.17) is 4.74 Å². The van der Waals surface area contributed by atoms with Crippen LogP contribution in [0.25, 0.3) is 0 Å². The maximum absolute atomic E-state index is 12.8. The van der Waals surface area contributed by atoms with Crippen molar-refractivity contribution in [3.63, 3.8) is 0 Å². The van der Waals surface area contributed by atoms with Crippen LogP contribution in [0.4, 0.5) is 36.3 Å². The van der Waals surface area contributed by atoms with Crippen LogP contribution in [0.3, 0.4) is 0 Å². The second kappa shape index (κ2) is 7.53. The van der Waals surface area contributed by atoms with Gasteiger partial charge in [0.2, 0.25) is 5.95 Å².